The molecule has 1 aliphatic heterocycles. The molecule has 0 aromatic carbocycles. The maximum atomic E-state index is 11.9. The van der Waals surface area contributed by atoms with Gasteiger partial charge in [0, 0.05) is 6.54 Å². The molecule has 19 heavy (non-hydrogen) atoms. The van der Waals surface area contributed by atoms with Gasteiger partial charge in [0.05, 0.1) is 18.8 Å². The Morgan fingerprint density at radius 3 is 2.63 bits per heavy atom. The number of carbonyl (C=O) groups is 2. The van der Waals surface area contributed by atoms with Gasteiger partial charge in [0.2, 0.25) is 0 Å². The molecule has 0 spiro atoms. The molecular formula is C12H17N3O4. The van der Waals surface area contributed by atoms with Crippen LogP contribution in [0.2, 0.25) is 0 Å². The summed E-state index contributed by atoms with van der Waals surface area (Å²) in [6.07, 6.45) is -0.392. The molecule has 0 atom stereocenters. The first kappa shape index (κ1) is 13.4. The Hall–Kier alpha value is -2.05. The Balaban J connectivity index is 2.09. The van der Waals surface area contributed by atoms with E-state index in [0.717, 1.165) is 0 Å². The van der Waals surface area contributed by atoms with E-state index in [2.05, 4.69) is 5.10 Å². The van der Waals surface area contributed by atoms with Crippen molar-refractivity contribution < 1.29 is 19.4 Å². The van der Waals surface area contributed by atoms with E-state index < -0.39 is 17.7 Å². The summed E-state index contributed by atoms with van der Waals surface area (Å²) in [6.45, 7) is 6.67. The number of rotatable bonds is 1. The van der Waals surface area contributed by atoms with E-state index >= 15 is 0 Å². The van der Waals surface area contributed by atoms with E-state index in [1.165, 1.54) is 6.07 Å². The molecule has 2 heterocycles. The molecule has 1 N–H and O–H groups in total. The van der Waals surface area contributed by atoms with E-state index in [1.807, 2.05) is 20.8 Å². The topological polar surface area (TPSA) is 84.7 Å². The third-order valence-corrected chi connectivity index (χ3v) is 2.67. The quantitative estimate of drug-likeness (QED) is 0.829. The van der Waals surface area contributed by atoms with E-state index in [9.17, 15) is 9.59 Å². The molecule has 0 saturated heterocycles. The largest absolute Gasteiger partial charge is 0.476 e. The van der Waals surface area contributed by atoms with Gasteiger partial charge in [-0.2, -0.15) is 5.10 Å². The van der Waals surface area contributed by atoms with Crippen LogP contribution in [0.4, 0.5) is 4.79 Å². The van der Waals surface area contributed by atoms with Gasteiger partial charge < -0.3 is 14.7 Å². The van der Waals surface area contributed by atoms with E-state index in [0.29, 0.717) is 25.3 Å². The van der Waals surface area contributed by atoms with Gasteiger partial charge in [-0.1, -0.05) is 0 Å². The summed E-state index contributed by atoms with van der Waals surface area (Å²) in [5.41, 5.74) is 0.164. The van der Waals surface area contributed by atoms with Crippen LogP contribution in [0.15, 0.2) is 6.07 Å². The van der Waals surface area contributed by atoms with Crippen LogP contribution in [-0.2, 0) is 17.8 Å². The van der Waals surface area contributed by atoms with Gasteiger partial charge >= 0.3 is 12.1 Å². The molecule has 0 fully saturated rings. The standard InChI is InChI=1S/C12H17N3O4/c1-12(2,3)19-11(18)14-4-5-15-8(7-14)6-9(13-15)10(16)17/h6H,4-5,7H2,1-3H3,(H,16,17). The number of carboxylic acid groups (broad SMARTS) is 1. The zero-order valence-electron chi connectivity index (χ0n) is 11.2. The van der Waals surface area contributed by atoms with Crippen molar-refractivity contribution in [2.24, 2.45) is 0 Å². The highest BCUT2D eigenvalue weighted by molar-refractivity contribution is 5.85. The molecule has 0 bridgehead atoms. The summed E-state index contributed by atoms with van der Waals surface area (Å²) in [5.74, 6) is -1.06. The van der Waals surface area contributed by atoms with Crippen LogP contribution in [0.1, 0.15) is 37.0 Å². The average Bonchev–Trinajstić information content (AvgIpc) is 2.69. The predicted molar refractivity (Wildman–Crippen MR) is 65.8 cm³/mol. The second kappa shape index (κ2) is 4.56. The summed E-state index contributed by atoms with van der Waals surface area (Å²) in [4.78, 5) is 24.3. The number of hydrogen-bond acceptors (Lipinski definition) is 4. The van der Waals surface area contributed by atoms with E-state index in [4.69, 9.17) is 9.84 Å². The lowest BCUT2D eigenvalue weighted by atomic mass is 10.2. The minimum absolute atomic E-state index is 0.000962. The molecular weight excluding hydrogens is 250 g/mol. The normalized spacial score (nSPS) is 15.0. The zero-order chi connectivity index (χ0) is 14.2. The van der Waals surface area contributed by atoms with Gasteiger partial charge in [-0.3, -0.25) is 4.68 Å². The van der Waals surface area contributed by atoms with Crippen molar-refractivity contribution in [1.82, 2.24) is 14.7 Å². The molecule has 1 aliphatic rings. The summed E-state index contributed by atoms with van der Waals surface area (Å²) in [7, 11) is 0. The summed E-state index contributed by atoms with van der Waals surface area (Å²) < 4.78 is 6.90. The van der Waals surface area contributed by atoms with Crippen LogP contribution in [0, 0.1) is 0 Å². The number of carboxylic acids is 1. The van der Waals surface area contributed by atoms with Gasteiger partial charge in [-0.15, -0.1) is 0 Å². The number of aromatic nitrogens is 2. The van der Waals surface area contributed by atoms with Crippen molar-refractivity contribution in [2.45, 2.75) is 39.5 Å². The Labute approximate surface area is 110 Å². The summed E-state index contributed by atoms with van der Waals surface area (Å²) in [5, 5.41) is 12.8. The summed E-state index contributed by atoms with van der Waals surface area (Å²) in [6, 6.07) is 1.48. The lowest BCUT2D eigenvalue weighted by Crippen LogP contribution is -2.41. The number of fused-ring (bicyclic) bond motifs is 1. The van der Waals surface area contributed by atoms with Crippen LogP contribution in [0.25, 0.3) is 0 Å². The molecule has 0 aliphatic carbocycles. The highest BCUT2D eigenvalue weighted by Gasteiger charge is 2.27. The first-order chi connectivity index (χ1) is 8.76. The lowest BCUT2D eigenvalue weighted by Gasteiger charge is -2.30. The minimum Gasteiger partial charge on any atom is -0.476 e. The third-order valence-electron chi connectivity index (χ3n) is 2.67. The van der Waals surface area contributed by atoms with Gasteiger partial charge in [0.15, 0.2) is 5.69 Å². The number of ether oxygens (including phenoxy) is 1. The van der Waals surface area contributed by atoms with Crippen molar-refractivity contribution in [1.29, 1.82) is 0 Å². The van der Waals surface area contributed by atoms with Crippen LogP contribution < -0.4 is 0 Å². The monoisotopic (exact) mass is 267 g/mol. The second-order valence-corrected chi connectivity index (χ2v) is 5.45. The maximum absolute atomic E-state index is 11.9. The molecule has 0 radical (unpaired) electrons. The smallest absolute Gasteiger partial charge is 0.410 e. The lowest BCUT2D eigenvalue weighted by molar-refractivity contribution is 0.0194. The Morgan fingerprint density at radius 2 is 2.05 bits per heavy atom. The van der Waals surface area contributed by atoms with E-state index in [-0.39, 0.29) is 5.69 Å². The molecule has 104 valence electrons. The number of carbonyl (C=O) groups excluding carboxylic acids is 1. The second-order valence-electron chi connectivity index (χ2n) is 5.45. The molecule has 0 unspecified atom stereocenters. The van der Waals surface area contributed by atoms with Crippen molar-refractivity contribution in [3.8, 4) is 0 Å². The van der Waals surface area contributed by atoms with E-state index in [1.54, 1.807) is 9.58 Å². The van der Waals surface area contributed by atoms with Crippen molar-refractivity contribution >= 4 is 12.1 Å². The summed E-state index contributed by atoms with van der Waals surface area (Å²) >= 11 is 0. The van der Waals surface area contributed by atoms with Gasteiger partial charge in [-0.25, -0.2) is 9.59 Å². The van der Waals surface area contributed by atoms with Crippen LogP contribution in [0.3, 0.4) is 0 Å². The molecule has 1 aromatic heterocycles. The highest BCUT2D eigenvalue weighted by atomic mass is 16.6. The zero-order valence-corrected chi connectivity index (χ0v) is 11.2. The third kappa shape index (κ3) is 3.04. The molecule has 2 rings (SSSR count). The highest BCUT2D eigenvalue weighted by Crippen LogP contribution is 2.17. The van der Waals surface area contributed by atoms with Gasteiger partial charge in [0.25, 0.3) is 0 Å². The Kier molecular flexibility index (Phi) is 3.21. The number of hydrogen-bond donors (Lipinski definition) is 1. The SMILES string of the molecule is CC(C)(C)OC(=O)N1CCn2nc(C(=O)O)cc2C1. The minimum atomic E-state index is -1.06. The molecule has 7 heteroatoms. The van der Waals surface area contributed by atoms with Crippen LogP contribution in [0.5, 0.6) is 0 Å². The van der Waals surface area contributed by atoms with Gasteiger partial charge in [0.1, 0.15) is 5.60 Å². The maximum Gasteiger partial charge on any atom is 0.410 e. The molecule has 7 nitrogen and oxygen atoms in total. The van der Waals surface area contributed by atoms with Crippen molar-refractivity contribution in [3.05, 3.63) is 17.5 Å². The van der Waals surface area contributed by atoms with Gasteiger partial charge in [-0.05, 0) is 26.8 Å². The van der Waals surface area contributed by atoms with Crippen molar-refractivity contribution in [2.75, 3.05) is 6.54 Å². The fraction of sp³-hybridized carbons (Fsp3) is 0.583. The number of nitrogens with zero attached hydrogens (tertiary/aromatic N) is 3. The first-order valence-electron chi connectivity index (χ1n) is 6.04. The fourth-order valence-corrected chi connectivity index (χ4v) is 1.85. The van der Waals surface area contributed by atoms with Crippen LogP contribution >= 0.6 is 0 Å². The first-order valence-corrected chi connectivity index (χ1v) is 6.04. The van der Waals surface area contributed by atoms with Crippen molar-refractivity contribution in [3.63, 3.8) is 0 Å². The number of aromatic carboxylic acids is 1. The Bertz CT molecular complexity index is 516. The predicted octanol–water partition coefficient (Wildman–Crippen LogP) is 1.33. The molecule has 1 amide bonds. The fourth-order valence-electron chi connectivity index (χ4n) is 1.85. The average molecular weight is 267 g/mol. The molecule has 0 saturated carbocycles. The van der Waals surface area contributed by atoms with Crippen LogP contribution in [-0.4, -0.2) is 44.0 Å². The number of amides is 1. The molecule has 1 aromatic rings. The Morgan fingerprint density at radius 1 is 1.37 bits per heavy atom.